The normalized spacial score (nSPS) is 10.1. The lowest BCUT2D eigenvalue weighted by Gasteiger charge is -2.07. The summed E-state index contributed by atoms with van der Waals surface area (Å²) >= 11 is 3.36. The number of carbonyl (C=O) groups is 1. The number of halogens is 1. The second-order valence-electron chi connectivity index (χ2n) is 3.27. The van der Waals surface area contributed by atoms with Crippen molar-refractivity contribution in [2.75, 3.05) is 6.61 Å². The fraction of sp³-hybridized carbons (Fsp3) is 0.417. The molecule has 0 fully saturated rings. The molecule has 0 aromatic heterocycles. The van der Waals surface area contributed by atoms with E-state index < -0.39 is 0 Å². The van der Waals surface area contributed by atoms with Gasteiger partial charge in [-0.25, -0.2) is 0 Å². The average Bonchev–Trinajstić information content (AvgIpc) is 2.27. The molecule has 82 valence electrons. The van der Waals surface area contributed by atoms with Crippen molar-refractivity contribution in [1.29, 1.82) is 0 Å². The molecule has 0 bridgehead atoms. The molecule has 0 atom stereocenters. The van der Waals surface area contributed by atoms with Crippen LogP contribution in [0, 0.1) is 0 Å². The van der Waals surface area contributed by atoms with Gasteiger partial charge in [0.25, 0.3) is 0 Å². The molecule has 0 unspecified atom stereocenters. The maximum atomic E-state index is 11.6. The minimum absolute atomic E-state index is 0.129. The van der Waals surface area contributed by atoms with Crippen molar-refractivity contribution >= 4 is 21.7 Å². The standard InChI is InChI=1S/C12H15BrO2/c1-3-7-15-9-5-6-11(13)10(8-9)12(14)4-2/h5-6,8H,3-4,7H2,1-2H3. The fourth-order valence-electron chi connectivity index (χ4n) is 1.22. The highest BCUT2D eigenvalue weighted by atomic mass is 79.9. The second kappa shape index (κ2) is 5.91. The van der Waals surface area contributed by atoms with Crippen LogP contribution in [0.1, 0.15) is 37.0 Å². The predicted molar refractivity (Wildman–Crippen MR) is 64.5 cm³/mol. The molecule has 0 aliphatic heterocycles. The summed E-state index contributed by atoms with van der Waals surface area (Å²) in [5.74, 6) is 0.890. The van der Waals surface area contributed by atoms with Crippen LogP contribution in [0.5, 0.6) is 5.75 Å². The number of hydrogen-bond acceptors (Lipinski definition) is 2. The topological polar surface area (TPSA) is 26.3 Å². The van der Waals surface area contributed by atoms with Gasteiger partial charge in [-0.3, -0.25) is 4.79 Å². The number of rotatable bonds is 5. The second-order valence-corrected chi connectivity index (χ2v) is 4.12. The molecule has 0 amide bonds. The van der Waals surface area contributed by atoms with Gasteiger partial charge < -0.3 is 4.74 Å². The van der Waals surface area contributed by atoms with Crippen molar-refractivity contribution < 1.29 is 9.53 Å². The summed E-state index contributed by atoms with van der Waals surface area (Å²) in [5.41, 5.74) is 0.700. The summed E-state index contributed by atoms with van der Waals surface area (Å²) in [4.78, 5) is 11.6. The Kier molecular flexibility index (Phi) is 4.82. The predicted octanol–water partition coefficient (Wildman–Crippen LogP) is 3.83. The molecule has 0 saturated heterocycles. The molecule has 0 spiro atoms. The Balaban J connectivity index is 2.89. The number of hydrogen-bond donors (Lipinski definition) is 0. The molecule has 1 aromatic carbocycles. The van der Waals surface area contributed by atoms with Gasteiger partial charge in [0.05, 0.1) is 6.61 Å². The van der Waals surface area contributed by atoms with Crippen molar-refractivity contribution in [3.05, 3.63) is 28.2 Å². The van der Waals surface area contributed by atoms with E-state index in [0.717, 1.165) is 16.6 Å². The summed E-state index contributed by atoms with van der Waals surface area (Å²) in [5, 5.41) is 0. The van der Waals surface area contributed by atoms with Crippen LogP contribution in [0.25, 0.3) is 0 Å². The summed E-state index contributed by atoms with van der Waals surface area (Å²) < 4.78 is 6.30. The Bertz CT molecular complexity index is 347. The van der Waals surface area contributed by atoms with Gasteiger partial charge in [0, 0.05) is 16.5 Å². The molecule has 0 heterocycles. The van der Waals surface area contributed by atoms with Gasteiger partial charge >= 0.3 is 0 Å². The lowest BCUT2D eigenvalue weighted by atomic mass is 10.1. The van der Waals surface area contributed by atoms with E-state index in [-0.39, 0.29) is 5.78 Å². The van der Waals surface area contributed by atoms with Gasteiger partial charge in [0.1, 0.15) is 5.75 Å². The fourth-order valence-corrected chi connectivity index (χ4v) is 1.69. The number of ketones is 1. The molecule has 2 nitrogen and oxygen atoms in total. The highest BCUT2D eigenvalue weighted by Crippen LogP contribution is 2.23. The van der Waals surface area contributed by atoms with Crippen LogP contribution in [-0.2, 0) is 0 Å². The lowest BCUT2D eigenvalue weighted by molar-refractivity contribution is 0.0987. The summed E-state index contributed by atoms with van der Waals surface area (Å²) in [7, 11) is 0. The zero-order chi connectivity index (χ0) is 11.3. The molecule has 1 aromatic rings. The van der Waals surface area contributed by atoms with Crippen molar-refractivity contribution in [2.45, 2.75) is 26.7 Å². The van der Waals surface area contributed by atoms with Gasteiger partial charge in [0.2, 0.25) is 0 Å². The molecule has 15 heavy (non-hydrogen) atoms. The van der Waals surface area contributed by atoms with Gasteiger partial charge in [-0.2, -0.15) is 0 Å². The van der Waals surface area contributed by atoms with E-state index in [9.17, 15) is 4.79 Å². The monoisotopic (exact) mass is 270 g/mol. The first-order chi connectivity index (χ1) is 7.19. The quantitative estimate of drug-likeness (QED) is 0.761. The molecular weight excluding hydrogens is 256 g/mol. The first-order valence-corrected chi connectivity index (χ1v) is 5.93. The molecule has 0 aliphatic rings. The first-order valence-electron chi connectivity index (χ1n) is 5.14. The maximum Gasteiger partial charge on any atom is 0.163 e. The maximum absolute atomic E-state index is 11.6. The summed E-state index contributed by atoms with van der Waals surface area (Å²) in [6.07, 6.45) is 1.48. The average molecular weight is 271 g/mol. The van der Waals surface area contributed by atoms with E-state index in [2.05, 4.69) is 22.9 Å². The molecular formula is C12H15BrO2. The van der Waals surface area contributed by atoms with Crippen LogP contribution in [0.3, 0.4) is 0 Å². The van der Waals surface area contributed by atoms with Crippen LogP contribution in [0.15, 0.2) is 22.7 Å². The smallest absolute Gasteiger partial charge is 0.163 e. The van der Waals surface area contributed by atoms with E-state index in [0.29, 0.717) is 18.6 Å². The Morgan fingerprint density at radius 1 is 1.40 bits per heavy atom. The minimum Gasteiger partial charge on any atom is -0.494 e. The van der Waals surface area contributed by atoms with E-state index in [1.807, 2.05) is 19.1 Å². The largest absolute Gasteiger partial charge is 0.494 e. The molecule has 1 rings (SSSR count). The molecule has 0 radical (unpaired) electrons. The highest BCUT2D eigenvalue weighted by molar-refractivity contribution is 9.10. The third-order valence-corrected chi connectivity index (χ3v) is 2.72. The van der Waals surface area contributed by atoms with Crippen LogP contribution < -0.4 is 4.74 Å². The molecule has 0 aliphatic carbocycles. The van der Waals surface area contributed by atoms with Crippen molar-refractivity contribution in [1.82, 2.24) is 0 Å². The third kappa shape index (κ3) is 3.34. The molecule has 0 N–H and O–H groups in total. The van der Waals surface area contributed by atoms with Crippen molar-refractivity contribution in [3.63, 3.8) is 0 Å². The zero-order valence-corrected chi connectivity index (χ0v) is 10.6. The Labute approximate surface area is 98.8 Å². The summed E-state index contributed by atoms with van der Waals surface area (Å²) in [6, 6.07) is 5.52. The first kappa shape index (κ1) is 12.2. The SMILES string of the molecule is CCCOc1ccc(Br)c(C(=O)CC)c1. The minimum atomic E-state index is 0.129. The lowest BCUT2D eigenvalue weighted by Crippen LogP contribution is -2.00. The zero-order valence-electron chi connectivity index (χ0n) is 9.05. The van der Waals surface area contributed by atoms with Crippen LogP contribution in [-0.4, -0.2) is 12.4 Å². The molecule has 0 saturated carbocycles. The van der Waals surface area contributed by atoms with E-state index in [4.69, 9.17) is 4.74 Å². The Morgan fingerprint density at radius 3 is 2.73 bits per heavy atom. The van der Waals surface area contributed by atoms with Gasteiger partial charge in [-0.05, 0) is 24.6 Å². The molecule has 3 heteroatoms. The third-order valence-electron chi connectivity index (χ3n) is 2.03. The van der Waals surface area contributed by atoms with Crippen LogP contribution in [0.4, 0.5) is 0 Å². The van der Waals surface area contributed by atoms with Gasteiger partial charge in [-0.1, -0.05) is 29.8 Å². The van der Waals surface area contributed by atoms with Crippen molar-refractivity contribution in [2.24, 2.45) is 0 Å². The number of carbonyl (C=O) groups excluding carboxylic acids is 1. The van der Waals surface area contributed by atoms with E-state index in [1.54, 1.807) is 6.07 Å². The number of benzene rings is 1. The van der Waals surface area contributed by atoms with E-state index >= 15 is 0 Å². The Hall–Kier alpha value is -0.830. The number of Topliss-reactive ketones (excluding diaryl/α,β-unsaturated/α-hetero) is 1. The summed E-state index contributed by atoms with van der Waals surface area (Å²) in [6.45, 7) is 4.59. The number of ether oxygens (including phenoxy) is 1. The van der Waals surface area contributed by atoms with Crippen molar-refractivity contribution in [3.8, 4) is 5.75 Å². The van der Waals surface area contributed by atoms with E-state index in [1.165, 1.54) is 0 Å². The van der Waals surface area contributed by atoms with Gasteiger partial charge in [0.15, 0.2) is 5.78 Å². The highest BCUT2D eigenvalue weighted by Gasteiger charge is 2.09. The van der Waals surface area contributed by atoms with Crippen LogP contribution in [0.2, 0.25) is 0 Å². The Morgan fingerprint density at radius 2 is 2.13 bits per heavy atom. The van der Waals surface area contributed by atoms with Crippen LogP contribution >= 0.6 is 15.9 Å². The van der Waals surface area contributed by atoms with Gasteiger partial charge in [-0.15, -0.1) is 0 Å².